The maximum absolute atomic E-state index is 12.8. The van der Waals surface area contributed by atoms with Crippen LogP contribution in [0, 0.1) is 46.3 Å². The summed E-state index contributed by atoms with van der Waals surface area (Å²) in [6.07, 6.45) is 28.4. The summed E-state index contributed by atoms with van der Waals surface area (Å²) in [6.45, 7) is 3.84. The minimum Gasteiger partial charge on any atom is -0.462 e. The summed E-state index contributed by atoms with van der Waals surface area (Å²) < 4.78 is 61.2. The van der Waals surface area contributed by atoms with Gasteiger partial charge in [-0.05, 0) is 117 Å². The van der Waals surface area contributed by atoms with Crippen LogP contribution >= 0.6 is 0 Å². The lowest BCUT2D eigenvalue weighted by Crippen LogP contribution is -2.51. The predicted octanol–water partition coefficient (Wildman–Crippen LogP) is 12.4. The number of ether oxygens (including phenoxy) is 1. The molecule has 43 heavy (non-hydrogen) atoms. The fourth-order valence-electron chi connectivity index (χ4n) is 10.4. The third-order valence-electron chi connectivity index (χ3n) is 12.8. The lowest BCUT2D eigenvalue weighted by atomic mass is 9.47. The van der Waals surface area contributed by atoms with Gasteiger partial charge in [-0.3, -0.25) is 4.79 Å². The van der Waals surface area contributed by atoms with Crippen LogP contribution in [0.3, 0.4) is 0 Å². The fraction of sp³-hybridized carbons (Fsp3) is 0.878. The second-order valence-corrected chi connectivity index (χ2v) is 15.6. The Labute approximate surface area is 277 Å². The molecule has 0 saturated heterocycles. The summed E-state index contributed by atoms with van der Waals surface area (Å²) in [4.78, 5) is 12.8. The van der Waals surface area contributed by atoms with Crippen molar-refractivity contribution in [1.82, 2.24) is 0 Å². The maximum atomic E-state index is 12.8. The highest BCUT2D eigenvalue weighted by Gasteiger charge is 2.59. The highest BCUT2D eigenvalue weighted by atomic mass is 16.5. The molecule has 2 nitrogen and oxygen atoms in total. The Balaban J connectivity index is 1.24. The van der Waals surface area contributed by atoms with Crippen LogP contribution in [0.4, 0.5) is 0 Å². The number of fused-ring (bicyclic) bond motifs is 5. The van der Waals surface area contributed by atoms with E-state index in [0.29, 0.717) is 42.4 Å². The number of hydrogen-bond donors (Lipinski definition) is 0. The van der Waals surface area contributed by atoms with E-state index in [1.165, 1.54) is 76.2 Å². The summed E-state index contributed by atoms with van der Waals surface area (Å²) >= 11 is 0. The van der Waals surface area contributed by atoms with Crippen LogP contribution in [0.25, 0.3) is 0 Å². The first-order valence-corrected chi connectivity index (χ1v) is 18.5. The normalized spacial score (nSPS) is 37.7. The van der Waals surface area contributed by atoms with Crippen molar-refractivity contribution >= 4 is 5.97 Å². The number of rotatable bonds is 17. The molecule has 3 saturated carbocycles. The van der Waals surface area contributed by atoms with Gasteiger partial charge in [0.05, 0.1) is 0 Å². The van der Waals surface area contributed by atoms with Gasteiger partial charge in [-0.15, -0.1) is 0 Å². The van der Waals surface area contributed by atoms with Crippen molar-refractivity contribution in [1.29, 1.82) is 0 Å². The Morgan fingerprint density at radius 3 is 2.53 bits per heavy atom. The Hall–Kier alpha value is -1.05. The lowest BCUT2D eigenvalue weighted by molar-refractivity contribution is -0.151. The minimum atomic E-state index is -2.83. The Kier molecular flexibility index (Phi) is 10.00. The van der Waals surface area contributed by atoms with Crippen LogP contribution in [-0.2, 0) is 9.53 Å². The van der Waals surface area contributed by atoms with Crippen molar-refractivity contribution in [3.8, 4) is 0 Å². The number of allylic oxidation sites excluding steroid dienone is 3. The third-order valence-corrected chi connectivity index (χ3v) is 12.8. The van der Waals surface area contributed by atoms with Crippen LogP contribution in [0.5, 0.6) is 0 Å². The van der Waals surface area contributed by atoms with E-state index in [0.717, 1.165) is 44.9 Å². The highest BCUT2D eigenvalue weighted by molar-refractivity contribution is 5.69. The van der Waals surface area contributed by atoms with Crippen LogP contribution < -0.4 is 0 Å². The molecule has 0 N–H and O–H groups in total. The van der Waals surface area contributed by atoms with Gasteiger partial charge in [0, 0.05) is 22.4 Å². The quantitative estimate of drug-likeness (QED) is 0.0941. The lowest BCUT2D eigenvalue weighted by Gasteiger charge is -2.58. The molecule has 0 aromatic carbocycles. The van der Waals surface area contributed by atoms with Crippen molar-refractivity contribution in [2.24, 2.45) is 46.3 Å². The second kappa shape index (κ2) is 16.5. The summed E-state index contributed by atoms with van der Waals surface area (Å²) in [6, 6.07) is 0. The van der Waals surface area contributed by atoms with Gasteiger partial charge < -0.3 is 4.74 Å². The molecule has 0 aliphatic heterocycles. The Morgan fingerprint density at radius 2 is 1.74 bits per heavy atom. The zero-order chi connectivity index (χ0) is 36.8. The Bertz CT molecular complexity index is 1140. The molecule has 3 fully saturated rings. The SMILES string of the molecule is [2H]C([2H])([2H])C([2H])(CCC[C@@H](C)[C@H]1CC[C@H]2[C@@H]3CC=C4C[C@@H](OC(=O)CCCCCCC/C=C\CCCC)CC[C@]4(C)[C@H]3CC[C@]12C)C([2H])([2H])[2H]. The molecule has 4 aliphatic carbocycles. The van der Waals surface area contributed by atoms with E-state index in [1.54, 1.807) is 0 Å². The second-order valence-electron chi connectivity index (χ2n) is 15.6. The molecule has 0 amide bonds. The van der Waals surface area contributed by atoms with E-state index in [4.69, 9.17) is 14.3 Å². The molecule has 8 atom stereocenters. The van der Waals surface area contributed by atoms with Crippen molar-refractivity contribution in [3.63, 3.8) is 0 Å². The van der Waals surface area contributed by atoms with E-state index in [-0.39, 0.29) is 29.3 Å². The summed E-state index contributed by atoms with van der Waals surface area (Å²) in [5, 5.41) is 0. The van der Waals surface area contributed by atoms with Crippen molar-refractivity contribution in [2.75, 3.05) is 0 Å². The molecule has 0 aromatic heterocycles. The molecule has 4 aliphatic rings. The van der Waals surface area contributed by atoms with Crippen molar-refractivity contribution in [2.45, 2.75) is 182 Å². The summed E-state index contributed by atoms with van der Waals surface area (Å²) in [5.74, 6) is 0.488. The Morgan fingerprint density at radius 1 is 0.977 bits per heavy atom. The molecule has 0 heterocycles. The van der Waals surface area contributed by atoms with Gasteiger partial charge in [-0.1, -0.05) is 117 Å². The van der Waals surface area contributed by atoms with Gasteiger partial charge in [0.15, 0.2) is 0 Å². The fourth-order valence-corrected chi connectivity index (χ4v) is 10.4. The van der Waals surface area contributed by atoms with Crippen LogP contribution in [0.1, 0.15) is 186 Å². The third kappa shape index (κ3) is 8.82. The molecule has 0 bridgehead atoms. The van der Waals surface area contributed by atoms with Gasteiger partial charge >= 0.3 is 5.97 Å². The van der Waals surface area contributed by atoms with Gasteiger partial charge in [-0.25, -0.2) is 0 Å². The zero-order valence-corrected chi connectivity index (χ0v) is 28.4. The molecular formula is C41H70O2. The van der Waals surface area contributed by atoms with E-state index in [9.17, 15) is 4.79 Å². The highest BCUT2D eigenvalue weighted by Crippen LogP contribution is 2.67. The van der Waals surface area contributed by atoms with Crippen LogP contribution in [0.2, 0.25) is 0 Å². The topological polar surface area (TPSA) is 26.3 Å². The molecule has 0 spiro atoms. The van der Waals surface area contributed by atoms with Gasteiger partial charge in [0.25, 0.3) is 0 Å². The first-order valence-electron chi connectivity index (χ1n) is 22.0. The van der Waals surface area contributed by atoms with Gasteiger partial charge in [0.1, 0.15) is 6.10 Å². The predicted molar refractivity (Wildman–Crippen MR) is 184 cm³/mol. The first-order chi connectivity index (χ1) is 23.5. The number of esters is 1. The van der Waals surface area contributed by atoms with Crippen molar-refractivity contribution in [3.05, 3.63) is 23.8 Å². The summed E-state index contributed by atoms with van der Waals surface area (Å²) in [7, 11) is 0. The van der Waals surface area contributed by atoms with Gasteiger partial charge in [0.2, 0.25) is 0 Å². The smallest absolute Gasteiger partial charge is 0.306 e. The standard InChI is InChI=1S/C41H70O2/c1-7-8-9-10-11-12-13-14-15-16-17-21-39(42)43-34-26-28-40(5)33(30-34)22-23-35-37-25-24-36(32(4)20-18-19-31(2)3)41(37,6)29-27-38(35)40/h10-11,22,31-32,34-38H,7-9,12-21,23-30H2,1-6H3/b11-10-/t32-,34+,35+,36-,37+,38+,40+,41-/m1/s1/i2D3,3D3,31D. The molecule has 4 rings (SSSR count). The number of carbonyl (C=O) groups excluding carboxylic acids is 1. The van der Waals surface area contributed by atoms with Crippen LogP contribution in [-0.4, -0.2) is 12.1 Å². The zero-order valence-electron chi connectivity index (χ0n) is 35.4. The minimum absolute atomic E-state index is 0.0153. The summed E-state index contributed by atoms with van der Waals surface area (Å²) in [5.41, 5.74) is 1.96. The van der Waals surface area contributed by atoms with E-state index in [2.05, 4.69) is 45.9 Å². The molecule has 0 radical (unpaired) electrons. The van der Waals surface area contributed by atoms with Crippen molar-refractivity contribution < 1.29 is 19.1 Å². The van der Waals surface area contributed by atoms with E-state index >= 15 is 0 Å². The molecule has 246 valence electrons. The monoisotopic (exact) mass is 602 g/mol. The molecule has 2 heteroatoms. The number of carbonyl (C=O) groups is 1. The number of unbranched alkanes of at least 4 members (excludes halogenated alkanes) is 7. The van der Waals surface area contributed by atoms with E-state index in [1.807, 2.05) is 0 Å². The first kappa shape index (κ1) is 26.1. The average Bonchev–Trinajstić information content (AvgIpc) is 3.40. The maximum Gasteiger partial charge on any atom is 0.306 e. The largest absolute Gasteiger partial charge is 0.462 e. The average molecular weight is 602 g/mol. The number of hydrogen-bond acceptors (Lipinski definition) is 2. The van der Waals surface area contributed by atoms with E-state index < -0.39 is 19.6 Å². The molecule has 0 unspecified atom stereocenters. The van der Waals surface area contributed by atoms with Crippen LogP contribution in [0.15, 0.2) is 23.8 Å². The molecular weight excluding hydrogens is 524 g/mol. The van der Waals surface area contributed by atoms with Gasteiger partial charge in [-0.2, -0.15) is 0 Å². The molecule has 0 aromatic rings.